The van der Waals surface area contributed by atoms with Gasteiger partial charge in [0, 0.05) is 7.05 Å². The van der Waals surface area contributed by atoms with Gasteiger partial charge in [0.25, 0.3) is 0 Å². The Bertz CT molecular complexity index is 706. The molecule has 0 fully saturated rings. The molecule has 20 heavy (non-hydrogen) atoms. The van der Waals surface area contributed by atoms with E-state index in [1.165, 1.54) is 0 Å². The first kappa shape index (κ1) is 14.4. The first-order valence-corrected chi connectivity index (χ1v) is 7.65. The third kappa shape index (κ3) is 2.63. The molecule has 0 unspecified atom stereocenters. The first-order valence-electron chi connectivity index (χ1n) is 6.16. The molecule has 2 aromatic carbocycles. The molecule has 2 aromatic rings. The minimum atomic E-state index is -3.54. The maximum absolute atomic E-state index is 12.6. The van der Waals surface area contributed by atoms with Crippen LogP contribution in [0.1, 0.15) is 5.56 Å². The van der Waals surface area contributed by atoms with Crippen LogP contribution in [0.4, 0.5) is 5.69 Å². The monoisotopic (exact) mass is 291 g/mol. The minimum Gasteiger partial charge on any atom is -0.497 e. The van der Waals surface area contributed by atoms with E-state index < -0.39 is 9.84 Å². The second-order valence-electron chi connectivity index (χ2n) is 4.43. The summed E-state index contributed by atoms with van der Waals surface area (Å²) in [5.74, 6) is 0.627. The van der Waals surface area contributed by atoms with Crippen LogP contribution in [0, 0.1) is 6.92 Å². The van der Waals surface area contributed by atoms with Crippen LogP contribution < -0.4 is 10.1 Å². The molecule has 106 valence electrons. The van der Waals surface area contributed by atoms with E-state index in [1.54, 1.807) is 50.6 Å². The van der Waals surface area contributed by atoms with Crippen LogP contribution in [0.15, 0.2) is 52.3 Å². The number of methoxy groups -OCH3 is 1. The molecular formula is C15H17NO3S. The number of aryl methyl sites for hydroxylation is 1. The van der Waals surface area contributed by atoms with Crippen molar-refractivity contribution in [3.8, 4) is 5.75 Å². The summed E-state index contributed by atoms with van der Waals surface area (Å²) in [6, 6.07) is 11.6. The van der Waals surface area contributed by atoms with Gasteiger partial charge in [-0.1, -0.05) is 6.07 Å². The van der Waals surface area contributed by atoms with Gasteiger partial charge in [-0.15, -0.1) is 0 Å². The number of nitrogens with one attached hydrogen (secondary N) is 1. The fraction of sp³-hybridized carbons (Fsp3) is 0.200. The highest BCUT2D eigenvalue weighted by atomic mass is 32.2. The normalized spacial score (nSPS) is 11.2. The maximum Gasteiger partial charge on any atom is 0.208 e. The van der Waals surface area contributed by atoms with Crippen LogP contribution in [0.2, 0.25) is 0 Å². The lowest BCUT2D eigenvalue weighted by Crippen LogP contribution is -2.06. The molecule has 0 spiro atoms. The molecular weight excluding hydrogens is 274 g/mol. The van der Waals surface area contributed by atoms with Crippen molar-refractivity contribution < 1.29 is 13.2 Å². The molecule has 0 aliphatic rings. The lowest BCUT2D eigenvalue weighted by atomic mass is 10.2. The van der Waals surface area contributed by atoms with Crippen LogP contribution in [0.25, 0.3) is 0 Å². The zero-order valence-corrected chi connectivity index (χ0v) is 12.5. The Morgan fingerprint density at radius 1 is 1.05 bits per heavy atom. The van der Waals surface area contributed by atoms with Gasteiger partial charge < -0.3 is 10.1 Å². The topological polar surface area (TPSA) is 55.4 Å². The van der Waals surface area contributed by atoms with Crippen molar-refractivity contribution in [2.24, 2.45) is 0 Å². The van der Waals surface area contributed by atoms with Gasteiger partial charge in [0.15, 0.2) is 0 Å². The van der Waals surface area contributed by atoms with E-state index in [9.17, 15) is 8.42 Å². The van der Waals surface area contributed by atoms with Crippen LogP contribution in [-0.2, 0) is 9.84 Å². The summed E-state index contributed by atoms with van der Waals surface area (Å²) in [5.41, 5.74) is 1.60. The van der Waals surface area contributed by atoms with E-state index in [0.717, 1.165) is 5.56 Å². The lowest BCUT2D eigenvalue weighted by Gasteiger charge is -2.11. The van der Waals surface area contributed by atoms with E-state index >= 15 is 0 Å². The van der Waals surface area contributed by atoms with Gasteiger partial charge in [0.1, 0.15) is 5.75 Å². The number of ether oxygens (including phenoxy) is 1. The standard InChI is InChI=1S/C15H17NO3S/c1-11-4-9-15(14(10-11)16-2)20(17,18)13-7-5-12(19-3)6-8-13/h4-10,16H,1-3H3. The van der Waals surface area contributed by atoms with Crippen LogP contribution >= 0.6 is 0 Å². The molecule has 0 saturated heterocycles. The average Bonchev–Trinajstić information content (AvgIpc) is 2.46. The Labute approximate surface area is 119 Å². The fourth-order valence-corrected chi connectivity index (χ4v) is 3.40. The van der Waals surface area contributed by atoms with Crippen molar-refractivity contribution in [2.45, 2.75) is 16.7 Å². The Morgan fingerprint density at radius 2 is 1.70 bits per heavy atom. The summed E-state index contributed by atoms with van der Waals surface area (Å²) in [7, 11) is -0.287. The quantitative estimate of drug-likeness (QED) is 0.941. The molecule has 0 saturated carbocycles. The zero-order chi connectivity index (χ0) is 14.8. The van der Waals surface area contributed by atoms with Gasteiger partial charge in [-0.25, -0.2) is 8.42 Å². The minimum absolute atomic E-state index is 0.249. The molecule has 0 aromatic heterocycles. The van der Waals surface area contributed by atoms with Gasteiger partial charge in [0.05, 0.1) is 22.6 Å². The summed E-state index contributed by atoms with van der Waals surface area (Å²) in [4.78, 5) is 0.523. The van der Waals surface area contributed by atoms with Crippen LogP contribution in [0.3, 0.4) is 0 Å². The summed E-state index contributed by atoms with van der Waals surface area (Å²) in [5, 5.41) is 2.93. The Hall–Kier alpha value is -2.01. The molecule has 0 bridgehead atoms. The summed E-state index contributed by atoms with van der Waals surface area (Å²) < 4.78 is 30.3. The summed E-state index contributed by atoms with van der Waals surface area (Å²) in [6.07, 6.45) is 0. The van der Waals surface area contributed by atoms with Gasteiger partial charge >= 0.3 is 0 Å². The number of sulfone groups is 1. The Morgan fingerprint density at radius 3 is 2.25 bits per heavy atom. The van der Waals surface area contributed by atoms with E-state index in [2.05, 4.69) is 5.32 Å². The fourth-order valence-electron chi connectivity index (χ4n) is 1.96. The molecule has 5 heteroatoms. The zero-order valence-electron chi connectivity index (χ0n) is 11.7. The van der Waals surface area contributed by atoms with Crippen LogP contribution in [0.5, 0.6) is 5.75 Å². The van der Waals surface area contributed by atoms with Gasteiger partial charge in [-0.3, -0.25) is 0 Å². The highest BCUT2D eigenvalue weighted by Gasteiger charge is 2.21. The average molecular weight is 291 g/mol. The maximum atomic E-state index is 12.6. The predicted molar refractivity (Wildman–Crippen MR) is 79.2 cm³/mol. The van der Waals surface area contributed by atoms with E-state index in [0.29, 0.717) is 11.4 Å². The SMILES string of the molecule is CNc1cc(C)ccc1S(=O)(=O)c1ccc(OC)cc1. The second kappa shape index (κ2) is 5.54. The van der Waals surface area contributed by atoms with Crippen molar-refractivity contribution in [1.82, 2.24) is 0 Å². The van der Waals surface area contributed by atoms with Crippen LogP contribution in [-0.4, -0.2) is 22.6 Å². The molecule has 0 heterocycles. The third-order valence-corrected chi connectivity index (χ3v) is 4.89. The molecule has 0 radical (unpaired) electrons. The predicted octanol–water partition coefficient (Wildman–Crippen LogP) is 2.88. The number of rotatable bonds is 4. The van der Waals surface area contributed by atoms with E-state index in [1.807, 2.05) is 13.0 Å². The number of benzene rings is 2. The molecule has 2 rings (SSSR count). The van der Waals surface area contributed by atoms with Crippen molar-refractivity contribution in [2.75, 3.05) is 19.5 Å². The highest BCUT2D eigenvalue weighted by molar-refractivity contribution is 7.91. The van der Waals surface area contributed by atoms with Crippen molar-refractivity contribution in [1.29, 1.82) is 0 Å². The van der Waals surface area contributed by atoms with Crippen molar-refractivity contribution in [3.05, 3.63) is 48.0 Å². The lowest BCUT2D eigenvalue weighted by molar-refractivity contribution is 0.414. The van der Waals surface area contributed by atoms with E-state index in [4.69, 9.17) is 4.74 Å². The van der Waals surface area contributed by atoms with E-state index in [-0.39, 0.29) is 9.79 Å². The first-order chi connectivity index (χ1) is 9.48. The molecule has 1 N–H and O–H groups in total. The molecule has 0 aliphatic carbocycles. The molecule has 4 nitrogen and oxygen atoms in total. The number of anilines is 1. The molecule has 0 aliphatic heterocycles. The second-order valence-corrected chi connectivity index (χ2v) is 6.35. The number of hydrogen-bond donors (Lipinski definition) is 1. The van der Waals surface area contributed by atoms with Gasteiger partial charge in [-0.2, -0.15) is 0 Å². The van der Waals surface area contributed by atoms with Gasteiger partial charge in [-0.05, 0) is 48.9 Å². The van der Waals surface area contributed by atoms with Crippen molar-refractivity contribution >= 4 is 15.5 Å². The smallest absolute Gasteiger partial charge is 0.208 e. The molecule has 0 amide bonds. The van der Waals surface area contributed by atoms with Gasteiger partial charge in [0.2, 0.25) is 9.84 Å². The Balaban J connectivity index is 2.54. The summed E-state index contributed by atoms with van der Waals surface area (Å²) in [6.45, 7) is 1.92. The Kier molecular flexibility index (Phi) is 3.99. The van der Waals surface area contributed by atoms with Crippen molar-refractivity contribution in [3.63, 3.8) is 0 Å². The molecule has 0 atom stereocenters. The largest absolute Gasteiger partial charge is 0.497 e. The number of hydrogen-bond acceptors (Lipinski definition) is 4. The summed E-state index contributed by atoms with van der Waals surface area (Å²) >= 11 is 0. The highest BCUT2D eigenvalue weighted by Crippen LogP contribution is 2.29. The third-order valence-electron chi connectivity index (χ3n) is 3.06.